The molecule has 0 fully saturated rings. The van der Waals surface area contributed by atoms with Crippen LogP contribution in [0.4, 0.5) is 0 Å². The average molecular weight is 230 g/mol. The SMILES string of the molecule is CCC(CCN)CCC(=O)N(CC)CCO. The van der Waals surface area contributed by atoms with Crippen molar-refractivity contribution in [1.82, 2.24) is 4.90 Å². The quantitative estimate of drug-likeness (QED) is 0.620. The molecule has 0 aromatic rings. The molecule has 1 amide bonds. The number of aliphatic hydroxyl groups is 1. The highest BCUT2D eigenvalue weighted by Crippen LogP contribution is 2.15. The molecule has 0 aliphatic heterocycles. The highest BCUT2D eigenvalue weighted by atomic mass is 16.3. The van der Waals surface area contributed by atoms with Crippen molar-refractivity contribution in [2.45, 2.75) is 39.5 Å². The number of rotatable bonds is 9. The first-order valence-electron chi connectivity index (χ1n) is 6.28. The van der Waals surface area contributed by atoms with Crippen LogP contribution in [0.15, 0.2) is 0 Å². The van der Waals surface area contributed by atoms with Crippen LogP contribution in [0, 0.1) is 5.92 Å². The number of nitrogens with zero attached hydrogens (tertiary/aromatic N) is 1. The van der Waals surface area contributed by atoms with E-state index >= 15 is 0 Å². The first kappa shape index (κ1) is 15.4. The van der Waals surface area contributed by atoms with Crippen molar-refractivity contribution >= 4 is 5.91 Å². The van der Waals surface area contributed by atoms with Crippen molar-refractivity contribution in [3.8, 4) is 0 Å². The van der Waals surface area contributed by atoms with Gasteiger partial charge in [-0.2, -0.15) is 0 Å². The number of carbonyl (C=O) groups excluding carboxylic acids is 1. The number of nitrogens with two attached hydrogens (primary N) is 1. The maximum atomic E-state index is 11.8. The topological polar surface area (TPSA) is 66.6 Å². The lowest BCUT2D eigenvalue weighted by atomic mass is 9.96. The Balaban J connectivity index is 3.92. The number of aliphatic hydroxyl groups excluding tert-OH is 1. The van der Waals surface area contributed by atoms with E-state index in [0.717, 1.165) is 19.3 Å². The molecule has 16 heavy (non-hydrogen) atoms. The summed E-state index contributed by atoms with van der Waals surface area (Å²) in [5.41, 5.74) is 5.52. The van der Waals surface area contributed by atoms with Gasteiger partial charge in [-0.1, -0.05) is 13.3 Å². The molecule has 3 N–H and O–H groups in total. The highest BCUT2D eigenvalue weighted by Gasteiger charge is 2.13. The largest absolute Gasteiger partial charge is 0.395 e. The number of amides is 1. The zero-order chi connectivity index (χ0) is 12.4. The van der Waals surface area contributed by atoms with E-state index in [2.05, 4.69) is 6.92 Å². The molecule has 0 aliphatic carbocycles. The third-order valence-electron chi connectivity index (χ3n) is 3.02. The number of hydrogen-bond donors (Lipinski definition) is 2. The molecule has 0 saturated carbocycles. The zero-order valence-electron chi connectivity index (χ0n) is 10.6. The summed E-state index contributed by atoms with van der Waals surface area (Å²) in [6, 6.07) is 0. The van der Waals surface area contributed by atoms with Gasteiger partial charge < -0.3 is 15.7 Å². The summed E-state index contributed by atoms with van der Waals surface area (Å²) < 4.78 is 0. The van der Waals surface area contributed by atoms with Crippen LogP contribution >= 0.6 is 0 Å². The van der Waals surface area contributed by atoms with Gasteiger partial charge in [-0.15, -0.1) is 0 Å². The fourth-order valence-corrected chi connectivity index (χ4v) is 1.85. The van der Waals surface area contributed by atoms with Crippen molar-refractivity contribution in [1.29, 1.82) is 0 Å². The second-order valence-electron chi connectivity index (χ2n) is 4.09. The smallest absolute Gasteiger partial charge is 0.222 e. The molecule has 0 radical (unpaired) electrons. The molecular formula is C12H26N2O2. The molecule has 0 spiro atoms. The van der Waals surface area contributed by atoms with Gasteiger partial charge in [-0.25, -0.2) is 0 Å². The summed E-state index contributed by atoms with van der Waals surface area (Å²) >= 11 is 0. The molecule has 0 heterocycles. The van der Waals surface area contributed by atoms with Crippen LogP contribution < -0.4 is 5.73 Å². The van der Waals surface area contributed by atoms with Crippen LogP contribution in [-0.4, -0.2) is 42.2 Å². The standard InChI is InChI=1S/C12H26N2O2/c1-3-11(7-8-13)5-6-12(16)14(4-2)9-10-15/h11,15H,3-10,13H2,1-2H3. The van der Waals surface area contributed by atoms with Crippen LogP contribution in [0.5, 0.6) is 0 Å². The molecule has 0 saturated heterocycles. The molecule has 0 aliphatic rings. The Morgan fingerprint density at radius 1 is 1.38 bits per heavy atom. The molecule has 0 rings (SSSR count). The second kappa shape index (κ2) is 9.60. The highest BCUT2D eigenvalue weighted by molar-refractivity contribution is 5.76. The first-order valence-corrected chi connectivity index (χ1v) is 6.28. The lowest BCUT2D eigenvalue weighted by Crippen LogP contribution is -2.33. The van der Waals surface area contributed by atoms with Crippen molar-refractivity contribution in [2.75, 3.05) is 26.2 Å². The van der Waals surface area contributed by atoms with Crippen molar-refractivity contribution in [2.24, 2.45) is 11.7 Å². The Labute approximate surface area is 98.8 Å². The lowest BCUT2D eigenvalue weighted by molar-refractivity contribution is -0.131. The van der Waals surface area contributed by atoms with Gasteiger partial charge in [-0.05, 0) is 32.2 Å². The lowest BCUT2D eigenvalue weighted by Gasteiger charge is -2.21. The van der Waals surface area contributed by atoms with Gasteiger partial charge in [0.2, 0.25) is 5.91 Å². The van der Waals surface area contributed by atoms with Crippen LogP contribution in [0.1, 0.15) is 39.5 Å². The monoisotopic (exact) mass is 230 g/mol. The van der Waals surface area contributed by atoms with Gasteiger partial charge in [0.1, 0.15) is 0 Å². The number of carbonyl (C=O) groups is 1. The molecule has 0 aromatic carbocycles. The Morgan fingerprint density at radius 3 is 2.50 bits per heavy atom. The molecule has 4 heteroatoms. The molecule has 0 bridgehead atoms. The molecular weight excluding hydrogens is 204 g/mol. The molecule has 0 aromatic heterocycles. The van der Waals surface area contributed by atoms with E-state index in [9.17, 15) is 4.79 Å². The summed E-state index contributed by atoms with van der Waals surface area (Å²) in [7, 11) is 0. The summed E-state index contributed by atoms with van der Waals surface area (Å²) in [5.74, 6) is 0.703. The Kier molecular flexibility index (Phi) is 9.24. The molecule has 1 unspecified atom stereocenters. The van der Waals surface area contributed by atoms with Gasteiger partial charge in [0, 0.05) is 19.5 Å². The predicted molar refractivity (Wildman–Crippen MR) is 66.0 cm³/mol. The van der Waals surface area contributed by atoms with Crippen LogP contribution in [0.3, 0.4) is 0 Å². The molecule has 4 nitrogen and oxygen atoms in total. The Hall–Kier alpha value is -0.610. The van der Waals surface area contributed by atoms with Crippen molar-refractivity contribution in [3.63, 3.8) is 0 Å². The fourth-order valence-electron chi connectivity index (χ4n) is 1.85. The maximum Gasteiger partial charge on any atom is 0.222 e. The van der Waals surface area contributed by atoms with E-state index in [1.165, 1.54) is 0 Å². The number of likely N-dealkylation sites (N-methyl/N-ethyl adjacent to an activating group) is 1. The van der Waals surface area contributed by atoms with E-state index in [1.807, 2.05) is 6.92 Å². The minimum Gasteiger partial charge on any atom is -0.395 e. The van der Waals surface area contributed by atoms with Gasteiger partial charge >= 0.3 is 0 Å². The molecule has 96 valence electrons. The zero-order valence-corrected chi connectivity index (χ0v) is 10.6. The average Bonchev–Trinajstić information content (AvgIpc) is 2.30. The van der Waals surface area contributed by atoms with Gasteiger partial charge in [0.25, 0.3) is 0 Å². The Bertz CT molecular complexity index is 186. The summed E-state index contributed by atoms with van der Waals surface area (Å²) in [6.07, 6.45) is 3.56. The van der Waals surface area contributed by atoms with Crippen molar-refractivity contribution in [3.05, 3.63) is 0 Å². The van der Waals surface area contributed by atoms with Crippen LogP contribution in [0.2, 0.25) is 0 Å². The Morgan fingerprint density at radius 2 is 2.06 bits per heavy atom. The summed E-state index contributed by atoms with van der Waals surface area (Å²) in [4.78, 5) is 13.5. The van der Waals surface area contributed by atoms with E-state index in [1.54, 1.807) is 4.90 Å². The third kappa shape index (κ3) is 6.08. The van der Waals surface area contributed by atoms with E-state index in [-0.39, 0.29) is 12.5 Å². The fraction of sp³-hybridized carbons (Fsp3) is 0.917. The van der Waals surface area contributed by atoms with Crippen LogP contribution in [0.25, 0.3) is 0 Å². The van der Waals surface area contributed by atoms with Gasteiger partial charge in [-0.3, -0.25) is 4.79 Å². The molecule has 1 atom stereocenters. The van der Waals surface area contributed by atoms with Crippen molar-refractivity contribution < 1.29 is 9.90 Å². The summed E-state index contributed by atoms with van der Waals surface area (Å²) in [5, 5.41) is 8.81. The first-order chi connectivity index (χ1) is 7.69. The van der Waals surface area contributed by atoms with E-state index < -0.39 is 0 Å². The van der Waals surface area contributed by atoms with E-state index in [4.69, 9.17) is 10.8 Å². The maximum absolute atomic E-state index is 11.8. The third-order valence-corrected chi connectivity index (χ3v) is 3.02. The normalized spacial score (nSPS) is 12.5. The predicted octanol–water partition coefficient (Wildman–Crippen LogP) is 0.982. The number of hydrogen-bond acceptors (Lipinski definition) is 3. The van der Waals surface area contributed by atoms with Gasteiger partial charge in [0.05, 0.1) is 6.61 Å². The summed E-state index contributed by atoms with van der Waals surface area (Å²) in [6.45, 7) is 5.93. The van der Waals surface area contributed by atoms with Gasteiger partial charge in [0.15, 0.2) is 0 Å². The minimum atomic E-state index is 0.0413. The van der Waals surface area contributed by atoms with E-state index in [0.29, 0.717) is 32.0 Å². The minimum absolute atomic E-state index is 0.0413. The van der Waals surface area contributed by atoms with Crippen LogP contribution in [-0.2, 0) is 4.79 Å². The second-order valence-corrected chi connectivity index (χ2v) is 4.09.